The van der Waals surface area contributed by atoms with Crippen LogP contribution in [-0.2, 0) is 27.8 Å². The highest BCUT2D eigenvalue weighted by atomic mass is 16.5. The van der Waals surface area contributed by atoms with E-state index in [2.05, 4.69) is 10.4 Å². The molecule has 0 fully saturated rings. The van der Waals surface area contributed by atoms with Crippen molar-refractivity contribution in [3.05, 3.63) is 40.3 Å². The number of hydrogen-bond acceptors (Lipinski definition) is 5. The Labute approximate surface area is 139 Å². The first-order chi connectivity index (χ1) is 11.4. The van der Waals surface area contributed by atoms with Crippen LogP contribution in [0, 0.1) is 0 Å². The van der Waals surface area contributed by atoms with Gasteiger partial charge in [-0.05, 0) is 19.4 Å². The van der Waals surface area contributed by atoms with Crippen LogP contribution in [0.2, 0.25) is 0 Å². The number of benzene rings is 1. The van der Waals surface area contributed by atoms with Gasteiger partial charge in [-0.3, -0.25) is 14.4 Å². The van der Waals surface area contributed by atoms with Crippen LogP contribution in [0.15, 0.2) is 29.1 Å². The van der Waals surface area contributed by atoms with E-state index >= 15 is 0 Å². The zero-order valence-corrected chi connectivity index (χ0v) is 14.0. The smallest absolute Gasteiger partial charge is 0.312 e. The first-order valence-electron chi connectivity index (χ1n) is 7.86. The number of esters is 1. The Hall–Kier alpha value is -2.70. The van der Waals surface area contributed by atoms with Crippen LogP contribution in [0.3, 0.4) is 0 Å². The van der Waals surface area contributed by atoms with Crippen molar-refractivity contribution < 1.29 is 14.3 Å². The fourth-order valence-corrected chi connectivity index (χ4v) is 2.33. The molecule has 1 heterocycles. The van der Waals surface area contributed by atoms with Gasteiger partial charge in [0.15, 0.2) is 6.10 Å². The maximum Gasteiger partial charge on any atom is 0.312 e. The molecule has 2 aromatic rings. The van der Waals surface area contributed by atoms with Gasteiger partial charge in [0.2, 0.25) is 0 Å². The fourth-order valence-electron chi connectivity index (χ4n) is 2.33. The number of rotatable bonds is 6. The van der Waals surface area contributed by atoms with Crippen LogP contribution in [-0.4, -0.2) is 34.3 Å². The molecule has 1 aromatic carbocycles. The maximum atomic E-state index is 12.1. The Bertz CT molecular complexity index is 813. The minimum atomic E-state index is -0.872. The van der Waals surface area contributed by atoms with Crippen molar-refractivity contribution in [2.75, 3.05) is 6.54 Å². The summed E-state index contributed by atoms with van der Waals surface area (Å²) >= 11 is 0. The summed E-state index contributed by atoms with van der Waals surface area (Å²) in [4.78, 5) is 35.9. The number of carbonyl (C=O) groups is 2. The largest absolute Gasteiger partial charge is 0.452 e. The first-order valence-corrected chi connectivity index (χ1v) is 7.86. The zero-order chi connectivity index (χ0) is 17.7. The molecule has 0 radical (unpaired) electrons. The summed E-state index contributed by atoms with van der Waals surface area (Å²) in [5.74, 6) is -0.895. The quantitative estimate of drug-likeness (QED) is 0.796. The number of hydrogen-bond donors (Lipinski definition) is 1. The van der Waals surface area contributed by atoms with Gasteiger partial charge in [-0.2, -0.15) is 5.10 Å². The number of amides is 1. The van der Waals surface area contributed by atoms with Crippen LogP contribution in [0.5, 0.6) is 0 Å². The molecule has 1 aromatic heterocycles. The minimum absolute atomic E-state index is 0.111. The molecule has 128 valence electrons. The van der Waals surface area contributed by atoms with E-state index in [1.54, 1.807) is 24.3 Å². The highest BCUT2D eigenvalue weighted by Gasteiger charge is 2.19. The van der Waals surface area contributed by atoms with Gasteiger partial charge >= 0.3 is 5.97 Å². The highest BCUT2D eigenvalue weighted by molar-refractivity contribution is 5.88. The number of aromatic nitrogens is 2. The molecule has 24 heavy (non-hydrogen) atoms. The third-order valence-electron chi connectivity index (χ3n) is 3.57. The predicted molar refractivity (Wildman–Crippen MR) is 89.5 cm³/mol. The number of fused-ring (bicyclic) bond motifs is 1. The van der Waals surface area contributed by atoms with E-state index in [-0.39, 0.29) is 17.9 Å². The average Bonchev–Trinajstić information content (AvgIpc) is 2.57. The van der Waals surface area contributed by atoms with Crippen molar-refractivity contribution in [1.29, 1.82) is 0 Å². The summed E-state index contributed by atoms with van der Waals surface area (Å²) in [7, 11) is 1.53. The second kappa shape index (κ2) is 7.72. The van der Waals surface area contributed by atoms with Crippen LogP contribution < -0.4 is 10.9 Å². The molecule has 0 bridgehead atoms. The maximum absolute atomic E-state index is 12.1. The minimum Gasteiger partial charge on any atom is -0.452 e. The van der Waals surface area contributed by atoms with E-state index in [1.165, 1.54) is 18.7 Å². The van der Waals surface area contributed by atoms with E-state index in [0.29, 0.717) is 23.0 Å². The summed E-state index contributed by atoms with van der Waals surface area (Å²) in [6.07, 6.45) is -0.178. The highest BCUT2D eigenvalue weighted by Crippen LogP contribution is 2.14. The summed E-state index contributed by atoms with van der Waals surface area (Å²) in [5.41, 5.74) is 0.217. The number of nitrogens with one attached hydrogen (secondary N) is 1. The number of aryl methyl sites for hydroxylation is 1. The molecule has 7 nitrogen and oxygen atoms in total. The predicted octanol–water partition coefficient (Wildman–Crippen LogP) is 0.934. The zero-order valence-electron chi connectivity index (χ0n) is 14.0. The number of nitrogens with zero attached hydrogens (tertiary/aromatic N) is 2. The summed E-state index contributed by atoms with van der Waals surface area (Å²) in [5, 5.41) is 7.92. The molecule has 0 saturated heterocycles. The lowest BCUT2D eigenvalue weighted by atomic mass is 10.1. The third kappa shape index (κ3) is 3.98. The molecule has 0 aliphatic carbocycles. The van der Waals surface area contributed by atoms with Crippen LogP contribution in [0.25, 0.3) is 10.8 Å². The molecule has 1 atom stereocenters. The molecular weight excluding hydrogens is 310 g/mol. The second-order valence-electron chi connectivity index (χ2n) is 5.52. The second-order valence-corrected chi connectivity index (χ2v) is 5.52. The van der Waals surface area contributed by atoms with Crippen LogP contribution >= 0.6 is 0 Å². The Morgan fingerprint density at radius 2 is 1.96 bits per heavy atom. The first kappa shape index (κ1) is 17.7. The monoisotopic (exact) mass is 331 g/mol. The third-order valence-corrected chi connectivity index (χ3v) is 3.57. The molecule has 1 amide bonds. The van der Waals surface area contributed by atoms with Crippen molar-refractivity contribution in [3.63, 3.8) is 0 Å². The average molecular weight is 331 g/mol. The molecule has 0 aliphatic rings. The summed E-state index contributed by atoms with van der Waals surface area (Å²) in [6, 6.07) is 6.96. The molecular formula is C17H21N3O4. The normalized spacial score (nSPS) is 12.0. The van der Waals surface area contributed by atoms with Gasteiger partial charge in [0.1, 0.15) is 0 Å². The van der Waals surface area contributed by atoms with Crippen LogP contribution in [0.4, 0.5) is 0 Å². The Balaban J connectivity index is 2.15. The molecule has 0 saturated carbocycles. The molecule has 7 heteroatoms. The van der Waals surface area contributed by atoms with E-state index < -0.39 is 12.1 Å². The summed E-state index contributed by atoms with van der Waals surface area (Å²) in [6.45, 7) is 4.00. The molecule has 0 unspecified atom stereocenters. The van der Waals surface area contributed by atoms with E-state index in [9.17, 15) is 14.4 Å². The van der Waals surface area contributed by atoms with Gasteiger partial charge in [0, 0.05) is 19.0 Å². The standard InChI is InChI=1S/C17H21N3O4/c1-4-9-18-16(22)11(2)24-15(21)10-14-12-7-5-6-8-13(12)17(23)20(3)19-14/h5-8,11H,4,9-10H2,1-3H3,(H,18,22)/t11-/m0/s1. The fraction of sp³-hybridized carbons (Fsp3) is 0.412. The van der Waals surface area contributed by atoms with Crippen molar-refractivity contribution in [2.24, 2.45) is 7.05 Å². The SMILES string of the molecule is CCCNC(=O)[C@H](C)OC(=O)Cc1nn(C)c(=O)c2ccccc12. The molecule has 2 rings (SSSR count). The van der Waals surface area contributed by atoms with Gasteiger partial charge in [-0.25, -0.2) is 4.68 Å². The lowest BCUT2D eigenvalue weighted by molar-refractivity contribution is -0.154. The van der Waals surface area contributed by atoms with Gasteiger partial charge < -0.3 is 10.1 Å². The van der Waals surface area contributed by atoms with Gasteiger partial charge in [-0.15, -0.1) is 0 Å². The van der Waals surface area contributed by atoms with Crippen molar-refractivity contribution >= 4 is 22.6 Å². The Morgan fingerprint density at radius 3 is 2.62 bits per heavy atom. The van der Waals surface area contributed by atoms with Gasteiger partial charge in [-0.1, -0.05) is 25.1 Å². The Kier molecular flexibility index (Phi) is 5.68. The van der Waals surface area contributed by atoms with E-state index in [4.69, 9.17) is 4.74 Å². The van der Waals surface area contributed by atoms with Crippen molar-refractivity contribution in [1.82, 2.24) is 15.1 Å². The lowest BCUT2D eigenvalue weighted by Crippen LogP contribution is -2.36. The van der Waals surface area contributed by atoms with Gasteiger partial charge in [0.25, 0.3) is 11.5 Å². The lowest BCUT2D eigenvalue weighted by Gasteiger charge is -2.13. The van der Waals surface area contributed by atoms with E-state index in [1.807, 2.05) is 6.92 Å². The van der Waals surface area contributed by atoms with Crippen molar-refractivity contribution in [3.8, 4) is 0 Å². The topological polar surface area (TPSA) is 90.3 Å². The van der Waals surface area contributed by atoms with Crippen LogP contribution in [0.1, 0.15) is 26.0 Å². The van der Waals surface area contributed by atoms with Crippen molar-refractivity contribution in [2.45, 2.75) is 32.8 Å². The number of ether oxygens (including phenoxy) is 1. The van der Waals surface area contributed by atoms with E-state index in [0.717, 1.165) is 6.42 Å². The van der Waals surface area contributed by atoms with Gasteiger partial charge in [0.05, 0.1) is 17.5 Å². The molecule has 1 N–H and O–H groups in total. The Morgan fingerprint density at radius 1 is 1.29 bits per heavy atom. The number of carbonyl (C=O) groups excluding carboxylic acids is 2. The molecule has 0 aliphatic heterocycles. The summed E-state index contributed by atoms with van der Waals surface area (Å²) < 4.78 is 6.35. The molecule has 0 spiro atoms.